The van der Waals surface area contributed by atoms with Crippen LogP contribution in [0, 0.1) is 0 Å². The van der Waals surface area contributed by atoms with E-state index in [0.29, 0.717) is 17.5 Å². The number of nitrogens with zero attached hydrogens (tertiary/aromatic N) is 3. The van der Waals surface area contributed by atoms with Gasteiger partial charge >= 0.3 is 5.63 Å². The van der Waals surface area contributed by atoms with E-state index in [-0.39, 0.29) is 5.56 Å². The summed E-state index contributed by atoms with van der Waals surface area (Å²) in [5.41, 5.74) is 0.617. The van der Waals surface area contributed by atoms with Gasteiger partial charge in [0, 0.05) is 5.39 Å². The third-order valence-electron chi connectivity index (χ3n) is 4.21. The summed E-state index contributed by atoms with van der Waals surface area (Å²) in [6.45, 7) is 0.335. The molecule has 4 rings (SSSR count). The van der Waals surface area contributed by atoms with Crippen molar-refractivity contribution in [3.63, 3.8) is 0 Å². The maximum Gasteiger partial charge on any atom is 0.349 e. The molecule has 27 heavy (non-hydrogen) atoms. The van der Waals surface area contributed by atoms with E-state index in [9.17, 15) is 9.59 Å². The van der Waals surface area contributed by atoms with Crippen LogP contribution in [0.4, 0.5) is 0 Å². The maximum absolute atomic E-state index is 12.8. The second-order valence-electron chi connectivity index (χ2n) is 6.01. The monoisotopic (exact) mass is 360 g/mol. The first-order chi connectivity index (χ1) is 13.2. The Bertz CT molecular complexity index is 1120. The fourth-order valence-electron chi connectivity index (χ4n) is 2.88. The van der Waals surface area contributed by atoms with Gasteiger partial charge in [0.15, 0.2) is 0 Å². The van der Waals surface area contributed by atoms with E-state index in [2.05, 4.69) is 15.5 Å². The second kappa shape index (κ2) is 7.25. The molecule has 0 aliphatic carbocycles. The van der Waals surface area contributed by atoms with Crippen molar-refractivity contribution in [1.29, 1.82) is 0 Å². The Morgan fingerprint density at radius 1 is 1.04 bits per heavy atom. The molecular formula is C20H16N4O3. The third kappa shape index (κ3) is 3.62. The molecule has 4 aromatic rings. The van der Waals surface area contributed by atoms with Crippen LogP contribution in [0.3, 0.4) is 0 Å². The summed E-state index contributed by atoms with van der Waals surface area (Å²) in [7, 11) is 0. The lowest BCUT2D eigenvalue weighted by Gasteiger charge is -2.18. The van der Waals surface area contributed by atoms with Gasteiger partial charge in [-0.2, -0.15) is 15.0 Å². The van der Waals surface area contributed by atoms with Gasteiger partial charge in [0.2, 0.25) is 0 Å². The molecule has 0 unspecified atom stereocenters. The van der Waals surface area contributed by atoms with E-state index in [4.69, 9.17) is 4.42 Å². The maximum atomic E-state index is 12.8. The number of aromatic nitrogens is 3. The molecule has 0 fully saturated rings. The lowest BCUT2D eigenvalue weighted by atomic mass is 10.1. The minimum Gasteiger partial charge on any atom is -0.422 e. The number of para-hydroxylation sites is 1. The average Bonchev–Trinajstić information content (AvgIpc) is 3.20. The standard InChI is InChI=1S/C20H16N4O3/c25-19(16-12-15-8-4-5-9-18(15)27-20(16)26)23-17(13-24-21-10-11-22-24)14-6-2-1-3-7-14/h1-12,17H,13H2,(H,23,25)/t17-/m1/s1. The minimum atomic E-state index is -0.671. The van der Waals surface area contributed by atoms with Crippen LogP contribution in [0.25, 0.3) is 11.0 Å². The van der Waals surface area contributed by atoms with E-state index >= 15 is 0 Å². The van der Waals surface area contributed by atoms with Crippen LogP contribution in [0.2, 0.25) is 0 Å². The normalized spacial score (nSPS) is 12.0. The third-order valence-corrected chi connectivity index (χ3v) is 4.21. The first kappa shape index (κ1) is 16.7. The molecule has 0 radical (unpaired) electrons. The van der Waals surface area contributed by atoms with Gasteiger partial charge in [-0.15, -0.1) is 0 Å². The Morgan fingerprint density at radius 2 is 1.74 bits per heavy atom. The quantitative estimate of drug-likeness (QED) is 0.553. The number of hydrogen-bond acceptors (Lipinski definition) is 5. The van der Waals surface area contributed by atoms with Gasteiger partial charge in [-0.05, 0) is 17.7 Å². The molecule has 1 N–H and O–H groups in total. The number of nitrogens with one attached hydrogen (secondary N) is 1. The fraction of sp³-hybridized carbons (Fsp3) is 0.100. The first-order valence-corrected chi connectivity index (χ1v) is 8.43. The van der Waals surface area contributed by atoms with Gasteiger partial charge < -0.3 is 9.73 Å². The van der Waals surface area contributed by atoms with E-state index < -0.39 is 17.6 Å². The Kier molecular flexibility index (Phi) is 4.49. The Balaban J connectivity index is 1.65. The van der Waals surface area contributed by atoms with Crippen molar-refractivity contribution in [3.05, 3.63) is 94.6 Å². The zero-order valence-electron chi connectivity index (χ0n) is 14.3. The van der Waals surface area contributed by atoms with E-state index in [1.54, 1.807) is 36.7 Å². The Labute approximate surface area is 154 Å². The molecule has 0 aliphatic rings. The zero-order valence-corrected chi connectivity index (χ0v) is 14.3. The molecule has 1 amide bonds. The molecule has 0 saturated carbocycles. The summed E-state index contributed by atoms with van der Waals surface area (Å²) in [5.74, 6) is -0.504. The van der Waals surface area contributed by atoms with Crippen molar-refractivity contribution in [1.82, 2.24) is 20.3 Å². The summed E-state index contributed by atoms with van der Waals surface area (Å²) in [6.07, 6.45) is 3.14. The van der Waals surface area contributed by atoms with Crippen molar-refractivity contribution >= 4 is 16.9 Å². The smallest absolute Gasteiger partial charge is 0.349 e. The highest BCUT2D eigenvalue weighted by Gasteiger charge is 2.20. The van der Waals surface area contributed by atoms with Crippen LogP contribution in [0.15, 0.2) is 82.3 Å². The molecule has 2 aromatic heterocycles. The van der Waals surface area contributed by atoms with Crippen molar-refractivity contribution in [2.24, 2.45) is 0 Å². The number of rotatable bonds is 5. The Morgan fingerprint density at radius 3 is 2.52 bits per heavy atom. The molecule has 0 spiro atoms. The van der Waals surface area contributed by atoms with Crippen LogP contribution < -0.4 is 10.9 Å². The van der Waals surface area contributed by atoms with Gasteiger partial charge in [-0.3, -0.25) is 4.79 Å². The number of fused-ring (bicyclic) bond motifs is 1. The van der Waals surface area contributed by atoms with Crippen LogP contribution in [-0.2, 0) is 6.54 Å². The van der Waals surface area contributed by atoms with Crippen LogP contribution in [-0.4, -0.2) is 20.9 Å². The number of hydrogen-bond donors (Lipinski definition) is 1. The lowest BCUT2D eigenvalue weighted by molar-refractivity contribution is 0.0927. The molecule has 7 heteroatoms. The largest absolute Gasteiger partial charge is 0.422 e. The van der Waals surface area contributed by atoms with Crippen LogP contribution in [0.1, 0.15) is 22.0 Å². The zero-order chi connectivity index (χ0) is 18.6. The van der Waals surface area contributed by atoms with E-state index in [1.165, 1.54) is 4.80 Å². The molecule has 2 heterocycles. The highest BCUT2D eigenvalue weighted by atomic mass is 16.4. The Hall–Kier alpha value is -3.74. The number of amides is 1. The van der Waals surface area contributed by atoms with Crippen molar-refractivity contribution in [2.45, 2.75) is 12.6 Å². The van der Waals surface area contributed by atoms with Gasteiger partial charge in [-0.1, -0.05) is 48.5 Å². The summed E-state index contributed by atoms with van der Waals surface area (Å²) in [4.78, 5) is 26.5. The molecule has 2 aromatic carbocycles. The van der Waals surface area contributed by atoms with Gasteiger partial charge in [0.05, 0.1) is 25.0 Å². The number of carbonyl (C=O) groups is 1. The summed E-state index contributed by atoms with van der Waals surface area (Å²) in [6, 6.07) is 17.7. The van der Waals surface area contributed by atoms with Crippen LogP contribution >= 0.6 is 0 Å². The van der Waals surface area contributed by atoms with Crippen LogP contribution in [0.5, 0.6) is 0 Å². The molecule has 0 aliphatic heterocycles. The van der Waals surface area contributed by atoms with E-state index in [0.717, 1.165) is 5.56 Å². The lowest BCUT2D eigenvalue weighted by Crippen LogP contribution is -2.34. The molecular weight excluding hydrogens is 344 g/mol. The minimum absolute atomic E-state index is 0.0388. The summed E-state index contributed by atoms with van der Waals surface area (Å²) in [5, 5.41) is 11.8. The molecule has 0 saturated heterocycles. The SMILES string of the molecule is O=C(N[C@H](Cn1nccn1)c1ccccc1)c1cc2ccccc2oc1=O. The highest BCUT2D eigenvalue weighted by Crippen LogP contribution is 2.16. The highest BCUT2D eigenvalue weighted by molar-refractivity contribution is 5.96. The van der Waals surface area contributed by atoms with Crippen molar-refractivity contribution in [3.8, 4) is 0 Å². The average molecular weight is 360 g/mol. The van der Waals surface area contributed by atoms with E-state index in [1.807, 2.05) is 36.4 Å². The number of benzene rings is 2. The fourth-order valence-corrected chi connectivity index (χ4v) is 2.88. The first-order valence-electron chi connectivity index (χ1n) is 8.43. The van der Waals surface area contributed by atoms with Gasteiger partial charge in [-0.25, -0.2) is 4.79 Å². The predicted molar refractivity (Wildman–Crippen MR) is 99.2 cm³/mol. The molecule has 7 nitrogen and oxygen atoms in total. The predicted octanol–water partition coefficient (Wildman–Crippen LogP) is 2.56. The van der Waals surface area contributed by atoms with Crippen molar-refractivity contribution in [2.75, 3.05) is 0 Å². The topological polar surface area (TPSA) is 90.0 Å². The summed E-state index contributed by atoms with van der Waals surface area (Å²) < 4.78 is 5.26. The van der Waals surface area contributed by atoms with Crippen molar-refractivity contribution < 1.29 is 9.21 Å². The molecule has 134 valence electrons. The van der Waals surface area contributed by atoms with Gasteiger partial charge in [0.25, 0.3) is 5.91 Å². The second-order valence-corrected chi connectivity index (χ2v) is 6.01. The molecule has 0 bridgehead atoms. The number of carbonyl (C=O) groups excluding carboxylic acids is 1. The summed E-state index contributed by atoms with van der Waals surface area (Å²) >= 11 is 0. The molecule has 1 atom stereocenters. The van der Waals surface area contributed by atoms with Gasteiger partial charge in [0.1, 0.15) is 11.1 Å².